The van der Waals surface area contributed by atoms with Crippen molar-refractivity contribution in [1.82, 2.24) is 5.32 Å². The van der Waals surface area contributed by atoms with Gasteiger partial charge in [0.15, 0.2) is 6.10 Å². The zero-order chi connectivity index (χ0) is 11.3. The van der Waals surface area contributed by atoms with Crippen molar-refractivity contribution >= 4 is 11.9 Å². The summed E-state index contributed by atoms with van der Waals surface area (Å²) < 4.78 is 9.83. The van der Waals surface area contributed by atoms with Crippen LogP contribution in [0.5, 0.6) is 0 Å². The van der Waals surface area contributed by atoms with Crippen LogP contribution in [0.1, 0.15) is 12.8 Å². The van der Waals surface area contributed by atoms with E-state index in [1.54, 1.807) is 7.11 Å². The molecule has 1 aliphatic rings. The van der Waals surface area contributed by atoms with E-state index >= 15 is 0 Å². The van der Waals surface area contributed by atoms with Crippen molar-refractivity contribution < 1.29 is 24.2 Å². The lowest BCUT2D eigenvalue weighted by molar-refractivity contribution is -0.151. The fourth-order valence-electron chi connectivity index (χ4n) is 1.40. The van der Waals surface area contributed by atoms with Crippen molar-refractivity contribution in [2.75, 3.05) is 20.3 Å². The van der Waals surface area contributed by atoms with Gasteiger partial charge in [-0.2, -0.15) is 0 Å². The Morgan fingerprint density at radius 1 is 1.47 bits per heavy atom. The molecule has 1 rings (SSSR count). The first-order chi connectivity index (χ1) is 7.15. The predicted octanol–water partition coefficient (Wildman–Crippen LogP) is -0.619. The largest absolute Gasteiger partial charge is 0.479 e. The lowest BCUT2D eigenvalue weighted by Crippen LogP contribution is -2.37. The summed E-state index contributed by atoms with van der Waals surface area (Å²) in [6, 6.07) is 0. The van der Waals surface area contributed by atoms with Crippen LogP contribution in [0.15, 0.2) is 0 Å². The number of carbonyl (C=O) groups is 2. The summed E-state index contributed by atoms with van der Waals surface area (Å²) in [4.78, 5) is 22.0. The molecular formula is C9H15NO5. The number of nitrogens with one attached hydrogen (secondary N) is 1. The third-order valence-corrected chi connectivity index (χ3v) is 2.19. The van der Waals surface area contributed by atoms with Crippen molar-refractivity contribution in [2.45, 2.75) is 25.0 Å². The van der Waals surface area contributed by atoms with Crippen LogP contribution in [-0.4, -0.2) is 49.5 Å². The predicted molar refractivity (Wildman–Crippen MR) is 50.4 cm³/mol. The van der Waals surface area contributed by atoms with E-state index in [4.69, 9.17) is 14.6 Å². The Morgan fingerprint density at radius 2 is 2.13 bits per heavy atom. The molecule has 0 radical (unpaired) electrons. The second-order valence-electron chi connectivity index (χ2n) is 3.31. The fourth-order valence-corrected chi connectivity index (χ4v) is 1.40. The highest BCUT2D eigenvalue weighted by Crippen LogP contribution is 2.19. The molecule has 2 atom stereocenters. The van der Waals surface area contributed by atoms with Crippen LogP contribution < -0.4 is 5.32 Å². The monoisotopic (exact) mass is 217 g/mol. The Labute approximate surface area is 87.5 Å². The molecule has 0 unspecified atom stereocenters. The second kappa shape index (κ2) is 5.67. The first-order valence-corrected chi connectivity index (χ1v) is 4.80. The molecular weight excluding hydrogens is 202 g/mol. The van der Waals surface area contributed by atoms with Gasteiger partial charge >= 0.3 is 5.97 Å². The van der Waals surface area contributed by atoms with E-state index in [2.05, 4.69) is 5.32 Å². The van der Waals surface area contributed by atoms with Crippen molar-refractivity contribution in [2.24, 2.45) is 0 Å². The maximum absolute atomic E-state index is 11.4. The van der Waals surface area contributed by atoms with Gasteiger partial charge < -0.3 is 19.9 Å². The number of carboxylic acids is 1. The molecule has 2 N–H and O–H groups in total. The summed E-state index contributed by atoms with van der Waals surface area (Å²) >= 11 is 0. The van der Waals surface area contributed by atoms with E-state index in [0.717, 1.165) is 0 Å². The Balaban J connectivity index is 2.27. The highest BCUT2D eigenvalue weighted by Gasteiger charge is 2.34. The maximum Gasteiger partial charge on any atom is 0.332 e. The van der Waals surface area contributed by atoms with Crippen LogP contribution in [0.25, 0.3) is 0 Å². The molecule has 1 amide bonds. The topological polar surface area (TPSA) is 84.9 Å². The van der Waals surface area contributed by atoms with Crippen LogP contribution >= 0.6 is 0 Å². The zero-order valence-corrected chi connectivity index (χ0v) is 8.56. The molecule has 0 saturated carbocycles. The third-order valence-electron chi connectivity index (χ3n) is 2.19. The number of hydrogen-bond donors (Lipinski definition) is 2. The van der Waals surface area contributed by atoms with Gasteiger partial charge in [-0.05, 0) is 12.8 Å². The fraction of sp³-hybridized carbons (Fsp3) is 0.778. The summed E-state index contributed by atoms with van der Waals surface area (Å²) in [5, 5.41) is 11.3. The van der Waals surface area contributed by atoms with Crippen molar-refractivity contribution in [3.63, 3.8) is 0 Å². The first kappa shape index (κ1) is 11.9. The molecule has 0 aromatic rings. The Hall–Kier alpha value is -1.14. The standard InChI is InChI=1S/C9H15NO5/c1-14-5-4-10-8(11)6-2-3-7(15-6)9(12)13/h6-7H,2-5H2,1H3,(H,10,11)(H,12,13)/t6-,7+/m0/s1. The Kier molecular flexibility index (Phi) is 4.51. The summed E-state index contributed by atoms with van der Waals surface area (Å²) in [5.74, 6) is -1.28. The number of hydrogen-bond acceptors (Lipinski definition) is 4. The van der Waals surface area contributed by atoms with E-state index in [1.165, 1.54) is 0 Å². The first-order valence-electron chi connectivity index (χ1n) is 4.80. The smallest absolute Gasteiger partial charge is 0.332 e. The highest BCUT2D eigenvalue weighted by atomic mass is 16.5. The van der Waals surface area contributed by atoms with Gasteiger partial charge in [-0.1, -0.05) is 0 Å². The minimum absolute atomic E-state index is 0.268. The summed E-state index contributed by atoms with van der Waals surface area (Å²) in [6.45, 7) is 0.841. The van der Waals surface area contributed by atoms with Crippen LogP contribution in [0.2, 0.25) is 0 Å². The van der Waals surface area contributed by atoms with Gasteiger partial charge in [-0.3, -0.25) is 4.79 Å². The Bertz CT molecular complexity index is 243. The minimum Gasteiger partial charge on any atom is -0.479 e. The van der Waals surface area contributed by atoms with Gasteiger partial charge in [-0.15, -0.1) is 0 Å². The molecule has 1 aliphatic heterocycles. The van der Waals surface area contributed by atoms with E-state index in [-0.39, 0.29) is 5.91 Å². The van der Waals surface area contributed by atoms with Gasteiger partial charge in [0.2, 0.25) is 5.91 Å². The molecule has 1 heterocycles. The average Bonchev–Trinajstić information content (AvgIpc) is 2.66. The van der Waals surface area contributed by atoms with E-state index < -0.39 is 18.2 Å². The van der Waals surface area contributed by atoms with Gasteiger partial charge in [0.25, 0.3) is 0 Å². The maximum atomic E-state index is 11.4. The van der Waals surface area contributed by atoms with E-state index in [9.17, 15) is 9.59 Å². The normalized spacial score (nSPS) is 25.1. The van der Waals surface area contributed by atoms with Gasteiger partial charge in [0, 0.05) is 13.7 Å². The summed E-state index contributed by atoms with van der Waals surface area (Å²) in [5.41, 5.74) is 0. The zero-order valence-electron chi connectivity index (χ0n) is 8.56. The quantitative estimate of drug-likeness (QED) is 0.599. The number of rotatable bonds is 5. The van der Waals surface area contributed by atoms with Gasteiger partial charge in [0.1, 0.15) is 6.10 Å². The third kappa shape index (κ3) is 3.49. The van der Waals surface area contributed by atoms with E-state index in [1.807, 2.05) is 0 Å². The number of carboxylic acid groups (broad SMARTS) is 1. The minimum atomic E-state index is -1.01. The number of aliphatic carboxylic acids is 1. The molecule has 15 heavy (non-hydrogen) atoms. The molecule has 0 aromatic heterocycles. The molecule has 0 aromatic carbocycles. The molecule has 6 nitrogen and oxygen atoms in total. The number of amides is 1. The van der Waals surface area contributed by atoms with Gasteiger partial charge in [0.05, 0.1) is 6.61 Å². The number of carbonyl (C=O) groups excluding carboxylic acids is 1. The molecule has 1 saturated heterocycles. The van der Waals surface area contributed by atoms with Gasteiger partial charge in [-0.25, -0.2) is 4.79 Å². The second-order valence-corrected chi connectivity index (χ2v) is 3.31. The number of methoxy groups -OCH3 is 1. The van der Waals surface area contributed by atoms with E-state index in [0.29, 0.717) is 26.0 Å². The number of ether oxygens (including phenoxy) is 2. The van der Waals surface area contributed by atoms with Crippen LogP contribution in [-0.2, 0) is 19.1 Å². The SMILES string of the molecule is COCCNC(=O)[C@@H]1CC[C@H](C(=O)O)O1. The van der Waals surface area contributed by atoms with Crippen molar-refractivity contribution in [3.05, 3.63) is 0 Å². The van der Waals surface area contributed by atoms with Crippen molar-refractivity contribution in [1.29, 1.82) is 0 Å². The Morgan fingerprint density at radius 3 is 2.67 bits per heavy atom. The van der Waals surface area contributed by atoms with Crippen molar-refractivity contribution in [3.8, 4) is 0 Å². The molecule has 0 spiro atoms. The summed E-state index contributed by atoms with van der Waals surface area (Å²) in [7, 11) is 1.54. The lowest BCUT2D eigenvalue weighted by atomic mass is 10.2. The average molecular weight is 217 g/mol. The van der Waals surface area contributed by atoms with Crippen LogP contribution in [0, 0.1) is 0 Å². The lowest BCUT2D eigenvalue weighted by Gasteiger charge is -2.11. The van der Waals surface area contributed by atoms with Crippen LogP contribution in [0.4, 0.5) is 0 Å². The highest BCUT2D eigenvalue weighted by molar-refractivity contribution is 5.82. The molecule has 6 heteroatoms. The van der Waals surface area contributed by atoms with Crippen LogP contribution in [0.3, 0.4) is 0 Å². The summed E-state index contributed by atoms with van der Waals surface area (Å²) in [6.07, 6.45) is -0.640. The molecule has 86 valence electrons. The molecule has 0 bridgehead atoms. The molecule has 0 aliphatic carbocycles. The molecule has 1 fully saturated rings.